The third-order valence-corrected chi connectivity index (χ3v) is 11.3. The lowest BCUT2D eigenvalue weighted by atomic mass is 10.1. The van der Waals surface area contributed by atoms with E-state index in [0.717, 1.165) is 12.6 Å². The first-order chi connectivity index (χ1) is 15.9. The van der Waals surface area contributed by atoms with Crippen molar-refractivity contribution in [2.75, 3.05) is 0 Å². The van der Waals surface area contributed by atoms with E-state index in [0.29, 0.717) is 0 Å². The first-order valence-electron chi connectivity index (χ1n) is 11.0. The largest absolute Gasteiger partial charge is 1.00 e. The average molecular weight is 529 g/mol. The third-order valence-electron chi connectivity index (χ3n) is 6.06. The van der Waals surface area contributed by atoms with Gasteiger partial charge in [-0.2, -0.15) is 0 Å². The topological polar surface area (TPSA) is 0 Å². The molecule has 0 bridgehead atoms. The molecule has 164 valence electrons. The molecule has 33 heavy (non-hydrogen) atoms. The summed E-state index contributed by atoms with van der Waals surface area (Å²) in [6, 6.07) is 46.9. The summed E-state index contributed by atoms with van der Waals surface area (Å²) in [6.45, 7) is 0. The van der Waals surface area contributed by atoms with Crippen molar-refractivity contribution in [2.24, 2.45) is 0 Å². The lowest BCUT2D eigenvalue weighted by molar-refractivity contribution is -0.00000611. The Morgan fingerprint density at radius 2 is 0.939 bits per heavy atom. The molecule has 0 aliphatic heterocycles. The van der Waals surface area contributed by atoms with E-state index in [4.69, 9.17) is 0 Å². The summed E-state index contributed by atoms with van der Waals surface area (Å²) in [5.41, 5.74) is 2.88. The summed E-state index contributed by atoms with van der Waals surface area (Å²) >= 11 is 1.84. The Bertz CT molecular complexity index is 1160. The predicted molar refractivity (Wildman–Crippen MR) is 142 cm³/mol. The molecule has 0 unspecified atom stereocenters. The van der Waals surface area contributed by atoms with Crippen LogP contribution in [0.15, 0.2) is 133 Å². The monoisotopic (exact) mass is 528 g/mol. The zero-order valence-electron chi connectivity index (χ0n) is 18.3. The standard InChI is InChI=1S/C30H26PS.BrH/c1-4-15-27(16-5-1)31(28-17-6-2-7-18-28,29-19-8-3-9-20-29)24-26-14-11-10-13-25(26)23-30-21-12-22-32-30;/h1-22H,23-24H2;1H/q+1;/p-1. The van der Waals surface area contributed by atoms with Crippen LogP contribution in [0.2, 0.25) is 0 Å². The fourth-order valence-corrected chi connectivity index (χ4v) is 9.54. The molecule has 1 aromatic heterocycles. The zero-order valence-corrected chi connectivity index (χ0v) is 21.6. The van der Waals surface area contributed by atoms with Gasteiger partial charge in [-0.25, -0.2) is 0 Å². The van der Waals surface area contributed by atoms with Gasteiger partial charge in [-0.15, -0.1) is 11.3 Å². The minimum Gasteiger partial charge on any atom is -1.00 e. The molecule has 0 atom stereocenters. The van der Waals surface area contributed by atoms with E-state index in [-0.39, 0.29) is 17.0 Å². The smallest absolute Gasteiger partial charge is 0.116 e. The van der Waals surface area contributed by atoms with Gasteiger partial charge in [-0.05, 0) is 59.0 Å². The maximum atomic E-state index is 2.34. The van der Waals surface area contributed by atoms with E-state index in [9.17, 15) is 0 Å². The highest BCUT2D eigenvalue weighted by Crippen LogP contribution is 2.58. The number of halogens is 1. The molecule has 3 heteroatoms. The predicted octanol–water partition coefficient (Wildman–Crippen LogP) is 3.84. The Balaban J connectivity index is 0.00000259. The normalized spacial score (nSPS) is 11.0. The molecule has 5 aromatic rings. The summed E-state index contributed by atoms with van der Waals surface area (Å²) in [4.78, 5) is 1.42. The molecule has 0 spiro atoms. The van der Waals surface area contributed by atoms with Crippen molar-refractivity contribution < 1.29 is 17.0 Å². The lowest BCUT2D eigenvalue weighted by Gasteiger charge is -2.28. The van der Waals surface area contributed by atoms with Crippen LogP contribution in [-0.4, -0.2) is 0 Å². The van der Waals surface area contributed by atoms with Crippen LogP contribution in [0.5, 0.6) is 0 Å². The molecule has 0 N–H and O–H groups in total. The van der Waals surface area contributed by atoms with Gasteiger partial charge in [0.15, 0.2) is 0 Å². The van der Waals surface area contributed by atoms with Crippen molar-refractivity contribution in [1.82, 2.24) is 0 Å². The highest BCUT2D eigenvalue weighted by atomic mass is 79.9. The van der Waals surface area contributed by atoms with Crippen LogP contribution in [0.3, 0.4) is 0 Å². The second-order valence-corrected chi connectivity index (χ2v) is 12.5. The van der Waals surface area contributed by atoms with Gasteiger partial charge in [0.25, 0.3) is 0 Å². The van der Waals surface area contributed by atoms with Gasteiger partial charge >= 0.3 is 0 Å². The Labute approximate surface area is 212 Å². The molecule has 0 radical (unpaired) electrons. The third kappa shape index (κ3) is 5.04. The van der Waals surface area contributed by atoms with Gasteiger partial charge in [-0.1, -0.05) is 84.9 Å². The summed E-state index contributed by atoms with van der Waals surface area (Å²) in [6.07, 6.45) is 2.01. The summed E-state index contributed by atoms with van der Waals surface area (Å²) in [7, 11) is -1.89. The molecule has 4 aromatic carbocycles. The van der Waals surface area contributed by atoms with Crippen molar-refractivity contribution in [3.05, 3.63) is 149 Å². The fourth-order valence-electron chi connectivity index (χ4n) is 4.51. The van der Waals surface area contributed by atoms with Gasteiger partial charge in [-0.3, -0.25) is 0 Å². The molecular formula is C30H26BrPS. The second-order valence-electron chi connectivity index (χ2n) is 8.00. The SMILES string of the molecule is [Br-].c1ccc([P+](Cc2ccccc2Cc2cccs2)(c2ccccc2)c2ccccc2)cc1. The van der Waals surface area contributed by atoms with Crippen LogP contribution < -0.4 is 32.9 Å². The lowest BCUT2D eigenvalue weighted by Crippen LogP contribution is -3.00. The van der Waals surface area contributed by atoms with Crippen molar-refractivity contribution in [3.63, 3.8) is 0 Å². The van der Waals surface area contributed by atoms with E-state index in [1.54, 1.807) is 0 Å². The fraction of sp³-hybridized carbons (Fsp3) is 0.0667. The molecular weight excluding hydrogens is 503 g/mol. The van der Waals surface area contributed by atoms with Gasteiger partial charge in [0.2, 0.25) is 0 Å². The minimum absolute atomic E-state index is 0. The van der Waals surface area contributed by atoms with E-state index in [1.807, 2.05) is 11.3 Å². The molecule has 5 rings (SSSR count). The van der Waals surface area contributed by atoms with Crippen molar-refractivity contribution in [2.45, 2.75) is 12.6 Å². The number of rotatable bonds is 7. The summed E-state index contributed by atoms with van der Waals surface area (Å²) in [5, 5.41) is 6.47. The van der Waals surface area contributed by atoms with Crippen LogP contribution in [-0.2, 0) is 12.6 Å². The summed E-state index contributed by atoms with van der Waals surface area (Å²) < 4.78 is 0. The average Bonchev–Trinajstić information content (AvgIpc) is 3.38. The van der Waals surface area contributed by atoms with Gasteiger partial charge < -0.3 is 17.0 Å². The van der Waals surface area contributed by atoms with Crippen LogP contribution >= 0.6 is 18.6 Å². The maximum Gasteiger partial charge on any atom is 0.116 e. The quantitative estimate of drug-likeness (QED) is 0.281. The zero-order chi connectivity index (χ0) is 21.6. The molecule has 0 aliphatic carbocycles. The summed E-state index contributed by atoms with van der Waals surface area (Å²) in [5.74, 6) is 0. The first-order valence-corrected chi connectivity index (χ1v) is 13.9. The molecule has 0 nitrogen and oxygen atoms in total. The van der Waals surface area contributed by atoms with E-state index in [2.05, 4.69) is 133 Å². The van der Waals surface area contributed by atoms with Crippen LogP contribution in [0.1, 0.15) is 16.0 Å². The van der Waals surface area contributed by atoms with Gasteiger partial charge in [0, 0.05) is 11.3 Å². The van der Waals surface area contributed by atoms with E-state index in [1.165, 1.54) is 31.9 Å². The number of thiophene rings is 1. The maximum absolute atomic E-state index is 2.34. The Morgan fingerprint density at radius 3 is 1.39 bits per heavy atom. The van der Waals surface area contributed by atoms with Crippen molar-refractivity contribution in [3.8, 4) is 0 Å². The molecule has 0 fully saturated rings. The van der Waals surface area contributed by atoms with Crippen molar-refractivity contribution in [1.29, 1.82) is 0 Å². The van der Waals surface area contributed by atoms with Crippen molar-refractivity contribution >= 4 is 34.5 Å². The Hall–Kier alpha value is -2.51. The molecule has 0 saturated heterocycles. The first kappa shape index (κ1) is 23.6. The number of hydrogen-bond acceptors (Lipinski definition) is 1. The van der Waals surface area contributed by atoms with Gasteiger partial charge in [0.1, 0.15) is 23.2 Å². The molecule has 1 heterocycles. The Morgan fingerprint density at radius 1 is 0.485 bits per heavy atom. The van der Waals surface area contributed by atoms with Crippen LogP contribution in [0, 0.1) is 0 Å². The number of benzene rings is 4. The van der Waals surface area contributed by atoms with Gasteiger partial charge in [0.05, 0.1) is 6.16 Å². The molecule has 0 aliphatic rings. The van der Waals surface area contributed by atoms with E-state index >= 15 is 0 Å². The van der Waals surface area contributed by atoms with E-state index < -0.39 is 7.26 Å². The minimum atomic E-state index is -1.89. The Kier molecular flexibility index (Phi) is 7.93. The van der Waals surface area contributed by atoms with Crippen LogP contribution in [0.25, 0.3) is 0 Å². The highest BCUT2D eigenvalue weighted by molar-refractivity contribution is 7.95. The second kappa shape index (κ2) is 11.1. The highest BCUT2D eigenvalue weighted by Gasteiger charge is 2.45. The molecule has 0 amide bonds. The van der Waals surface area contributed by atoms with Crippen LogP contribution in [0.4, 0.5) is 0 Å². The molecule has 0 saturated carbocycles. The number of hydrogen-bond donors (Lipinski definition) is 0.